The highest BCUT2D eigenvalue weighted by atomic mass is 15.0. The summed E-state index contributed by atoms with van der Waals surface area (Å²) in [4.78, 5) is 0. The number of benzene rings is 14. The summed E-state index contributed by atoms with van der Waals surface area (Å²) < 4.78 is 4.76. The second kappa shape index (κ2) is 17.6. The molecule has 18 rings (SSSR count). The molecule has 384 valence electrons. The Bertz CT molecular complexity index is 5050. The summed E-state index contributed by atoms with van der Waals surface area (Å²) >= 11 is 0. The van der Waals surface area contributed by atoms with E-state index in [-0.39, 0.29) is 0 Å². The number of nitrogens with zero attached hydrogens (tertiary/aromatic N) is 2. The second-order valence-corrected chi connectivity index (χ2v) is 22.8. The first kappa shape index (κ1) is 46.0. The first-order valence-corrected chi connectivity index (χ1v) is 28.9. The fourth-order valence-electron chi connectivity index (χ4n) is 14.7. The molecule has 0 saturated carbocycles. The minimum absolute atomic E-state index is 0.496. The van der Waals surface area contributed by atoms with E-state index in [2.05, 4.69) is 312 Å². The third-order valence-corrected chi connectivity index (χ3v) is 18.5. The Kier molecular flexibility index (Phi) is 9.75. The molecule has 0 N–H and O–H groups in total. The molecule has 2 aliphatic carbocycles. The van der Waals surface area contributed by atoms with Crippen LogP contribution in [0, 0.1) is 0 Å². The van der Waals surface area contributed by atoms with Crippen molar-refractivity contribution in [3.05, 3.63) is 326 Å². The summed E-state index contributed by atoms with van der Waals surface area (Å²) in [5.74, 6) is 0. The van der Waals surface area contributed by atoms with Crippen molar-refractivity contribution in [3.8, 4) is 78.1 Å². The summed E-state index contributed by atoms with van der Waals surface area (Å²) in [6, 6.07) is 114. The first-order chi connectivity index (χ1) is 41.1. The quantitative estimate of drug-likeness (QED) is 0.157. The Morgan fingerprint density at radius 1 is 0.193 bits per heavy atom. The number of aromatic nitrogens is 2. The molecule has 16 aromatic rings. The predicted molar refractivity (Wildman–Crippen MR) is 348 cm³/mol. The van der Waals surface area contributed by atoms with E-state index in [1.54, 1.807) is 0 Å². The maximum absolute atomic E-state index is 2.51. The molecule has 0 amide bonds. The van der Waals surface area contributed by atoms with Gasteiger partial charge < -0.3 is 9.13 Å². The van der Waals surface area contributed by atoms with Gasteiger partial charge in [-0.2, -0.15) is 0 Å². The van der Waals surface area contributed by atoms with Crippen LogP contribution in [0.25, 0.3) is 143 Å². The SMILES string of the molecule is c1ccc(-n2c3ccccc3c3cc(-c4ccc5cc(-c6ccc7c(c6)C6(c8ccccc8-c8ccccc86)c6cc(-c8ccc9cc(-c%10ccc%11c(c%10)c%10ccccc%10n%11-c%10ccccc%10)ccc9c8)ccc6-7)ccc5c4)ccc32)cc1. The van der Waals surface area contributed by atoms with Crippen molar-refractivity contribution in [3.63, 3.8) is 0 Å². The van der Waals surface area contributed by atoms with Gasteiger partial charge >= 0.3 is 0 Å². The zero-order valence-corrected chi connectivity index (χ0v) is 45.3. The normalized spacial score (nSPS) is 12.9. The molecule has 2 aromatic heterocycles. The molecule has 0 fully saturated rings. The topological polar surface area (TPSA) is 9.86 Å². The van der Waals surface area contributed by atoms with Gasteiger partial charge in [-0.3, -0.25) is 0 Å². The molecule has 1 spiro atoms. The van der Waals surface area contributed by atoms with Crippen molar-refractivity contribution in [1.29, 1.82) is 0 Å². The van der Waals surface area contributed by atoms with Crippen LogP contribution in [0.15, 0.2) is 303 Å². The monoisotopic (exact) mass is 1050 g/mol. The van der Waals surface area contributed by atoms with Gasteiger partial charge in [-0.25, -0.2) is 0 Å². The lowest BCUT2D eigenvalue weighted by molar-refractivity contribution is 0.794. The Labute approximate surface area is 480 Å². The summed E-state index contributed by atoms with van der Waals surface area (Å²) in [6.45, 7) is 0. The average molecular weight is 1050 g/mol. The Hall–Kier alpha value is -10.8. The maximum atomic E-state index is 2.51. The molecule has 0 atom stereocenters. The van der Waals surface area contributed by atoms with Crippen LogP contribution < -0.4 is 0 Å². The van der Waals surface area contributed by atoms with Crippen LogP contribution in [0.1, 0.15) is 22.3 Å². The van der Waals surface area contributed by atoms with Gasteiger partial charge in [0.05, 0.1) is 27.5 Å². The smallest absolute Gasteiger partial charge is 0.0725 e. The Morgan fingerprint density at radius 2 is 0.494 bits per heavy atom. The summed E-state index contributed by atoms with van der Waals surface area (Å²) in [5.41, 5.74) is 27.0. The molecular weight excluding hydrogens is 1000 g/mol. The highest BCUT2D eigenvalue weighted by molar-refractivity contribution is 6.12. The molecule has 0 unspecified atom stereocenters. The lowest BCUT2D eigenvalue weighted by Crippen LogP contribution is -2.26. The van der Waals surface area contributed by atoms with E-state index in [1.807, 2.05) is 0 Å². The molecule has 83 heavy (non-hydrogen) atoms. The molecule has 2 aliphatic rings. The number of hydrogen-bond donors (Lipinski definition) is 0. The van der Waals surface area contributed by atoms with Gasteiger partial charge in [0.2, 0.25) is 0 Å². The van der Waals surface area contributed by atoms with Gasteiger partial charge in [-0.15, -0.1) is 0 Å². The van der Waals surface area contributed by atoms with Gasteiger partial charge in [-0.05, 0) is 208 Å². The van der Waals surface area contributed by atoms with E-state index >= 15 is 0 Å². The molecule has 0 bridgehead atoms. The van der Waals surface area contributed by atoms with Gasteiger partial charge in [0, 0.05) is 32.9 Å². The highest BCUT2D eigenvalue weighted by Crippen LogP contribution is 2.63. The van der Waals surface area contributed by atoms with Crippen LogP contribution in [0.2, 0.25) is 0 Å². The van der Waals surface area contributed by atoms with E-state index in [0.717, 1.165) is 0 Å². The number of hydrogen-bond acceptors (Lipinski definition) is 0. The molecule has 2 heterocycles. The van der Waals surface area contributed by atoms with Crippen molar-refractivity contribution in [2.24, 2.45) is 0 Å². The van der Waals surface area contributed by atoms with Gasteiger partial charge in [-0.1, -0.05) is 206 Å². The van der Waals surface area contributed by atoms with Crippen LogP contribution in [0.3, 0.4) is 0 Å². The van der Waals surface area contributed by atoms with Gasteiger partial charge in [0.25, 0.3) is 0 Å². The summed E-state index contributed by atoms with van der Waals surface area (Å²) in [7, 11) is 0. The minimum atomic E-state index is -0.496. The molecule has 2 nitrogen and oxygen atoms in total. The van der Waals surface area contributed by atoms with Gasteiger partial charge in [0.1, 0.15) is 0 Å². The summed E-state index contributed by atoms with van der Waals surface area (Å²) in [6.07, 6.45) is 0. The Balaban J connectivity index is 0.710. The number of para-hydroxylation sites is 4. The molecule has 0 radical (unpaired) electrons. The van der Waals surface area contributed by atoms with Crippen LogP contribution in [-0.2, 0) is 5.41 Å². The van der Waals surface area contributed by atoms with E-state index in [0.29, 0.717) is 0 Å². The van der Waals surface area contributed by atoms with E-state index < -0.39 is 5.41 Å². The Morgan fingerprint density at radius 3 is 0.916 bits per heavy atom. The van der Waals surface area contributed by atoms with Gasteiger partial charge in [0.15, 0.2) is 0 Å². The number of rotatable bonds is 6. The van der Waals surface area contributed by atoms with Crippen molar-refractivity contribution >= 4 is 65.2 Å². The maximum Gasteiger partial charge on any atom is 0.0725 e. The molecule has 0 saturated heterocycles. The van der Waals surface area contributed by atoms with Crippen LogP contribution in [0.4, 0.5) is 0 Å². The van der Waals surface area contributed by atoms with Crippen molar-refractivity contribution < 1.29 is 0 Å². The fraction of sp³-hybridized carbons (Fsp3) is 0.0123. The lowest BCUT2D eigenvalue weighted by atomic mass is 9.70. The molecule has 2 heteroatoms. The predicted octanol–water partition coefficient (Wildman–Crippen LogP) is 21.2. The zero-order valence-electron chi connectivity index (χ0n) is 45.3. The van der Waals surface area contributed by atoms with Crippen LogP contribution >= 0.6 is 0 Å². The standard InChI is InChI=1S/C81H50N2/c1-3-15-63(16-4-1)82-77-25-13-9-21-69(77)71-47-59(37-41-79(71)82)55-31-27-53-45-57(33-29-51(53)43-55)61-35-39-67-68-40-36-62(50-76(68)81(75(67)49-61)73-23-11-7-19-65(73)66-20-8-12-24-74(66)81)58-34-30-52-44-56(32-28-54(52)46-58)60-38-42-80-72(48-60)70-22-10-14-26-78(70)83(80)64-17-5-2-6-18-64/h1-50H. The van der Waals surface area contributed by atoms with Crippen molar-refractivity contribution in [2.75, 3.05) is 0 Å². The van der Waals surface area contributed by atoms with Crippen LogP contribution in [-0.4, -0.2) is 9.13 Å². The zero-order chi connectivity index (χ0) is 54.3. The largest absolute Gasteiger partial charge is 0.309 e. The van der Waals surface area contributed by atoms with E-state index in [1.165, 1.54) is 166 Å². The van der Waals surface area contributed by atoms with E-state index in [4.69, 9.17) is 0 Å². The van der Waals surface area contributed by atoms with E-state index in [9.17, 15) is 0 Å². The number of fused-ring (bicyclic) bond motifs is 18. The highest BCUT2D eigenvalue weighted by Gasteiger charge is 2.51. The third kappa shape index (κ3) is 6.72. The second-order valence-electron chi connectivity index (χ2n) is 22.8. The minimum Gasteiger partial charge on any atom is -0.309 e. The average Bonchev–Trinajstić information content (AvgIpc) is 1.86. The fourth-order valence-corrected chi connectivity index (χ4v) is 14.7. The molecule has 14 aromatic carbocycles. The third-order valence-electron chi connectivity index (χ3n) is 18.5. The first-order valence-electron chi connectivity index (χ1n) is 28.9. The van der Waals surface area contributed by atoms with Crippen molar-refractivity contribution in [1.82, 2.24) is 9.13 Å². The summed E-state index contributed by atoms with van der Waals surface area (Å²) in [5, 5.41) is 9.95. The lowest BCUT2D eigenvalue weighted by Gasteiger charge is -2.31. The molecule has 0 aliphatic heterocycles. The van der Waals surface area contributed by atoms with Crippen molar-refractivity contribution in [2.45, 2.75) is 5.41 Å². The molecular formula is C81H50N2. The van der Waals surface area contributed by atoms with Crippen LogP contribution in [0.5, 0.6) is 0 Å².